The lowest BCUT2D eigenvalue weighted by atomic mass is 10.0. The van der Waals surface area contributed by atoms with E-state index in [1.54, 1.807) is 0 Å². The van der Waals surface area contributed by atoms with Crippen LogP contribution in [0.15, 0.2) is 48.5 Å². The minimum absolute atomic E-state index is 0. The molecular formula is C16H17Cl2N5. The molecule has 3 aromatic rings. The van der Waals surface area contributed by atoms with Crippen LogP contribution in [0.1, 0.15) is 5.56 Å². The van der Waals surface area contributed by atoms with Crippen LogP contribution in [0.4, 0.5) is 5.82 Å². The number of anilines is 1. The Kier molecular flexibility index (Phi) is 6.30. The van der Waals surface area contributed by atoms with Gasteiger partial charge in [0, 0.05) is 16.3 Å². The summed E-state index contributed by atoms with van der Waals surface area (Å²) in [6.45, 7) is 2.05. The number of hydrogen-bond acceptors (Lipinski definition) is 3. The SMILES string of the molecule is Cc1ccccc1-c1nnc(NC(=N)N)c2ccccc12.Cl.Cl. The number of hydrogen-bond donors (Lipinski definition) is 3. The van der Waals surface area contributed by atoms with E-state index in [4.69, 9.17) is 11.1 Å². The summed E-state index contributed by atoms with van der Waals surface area (Å²) in [6.07, 6.45) is 0. The fourth-order valence-corrected chi connectivity index (χ4v) is 2.36. The van der Waals surface area contributed by atoms with Gasteiger partial charge in [0.05, 0.1) is 0 Å². The maximum absolute atomic E-state index is 7.36. The van der Waals surface area contributed by atoms with Crippen molar-refractivity contribution in [3.05, 3.63) is 54.1 Å². The Labute approximate surface area is 146 Å². The average molecular weight is 350 g/mol. The van der Waals surface area contributed by atoms with Gasteiger partial charge in [-0.05, 0) is 12.5 Å². The average Bonchev–Trinajstić information content (AvgIpc) is 2.48. The molecule has 23 heavy (non-hydrogen) atoms. The second kappa shape index (κ2) is 7.76. The maximum Gasteiger partial charge on any atom is 0.191 e. The lowest BCUT2D eigenvalue weighted by Crippen LogP contribution is -2.21. The van der Waals surface area contributed by atoms with Crippen molar-refractivity contribution in [2.45, 2.75) is 6.92 Å². The molecule has 7 heteroatoms. The van der Waals surface area contributed by atoms with Crippen LogP contribution in [0, 0.1) is 12.3 Å². The summed E-state index contributed by atoms with van der Waals surface area (Å²) in [6, 6.07) is 15.9. The summed E-state index contributed by atoms with van der Waals surface area (Å²) < 4.78 is 0. The van der Waals surface area contributed by atoms with Crippen LogP contribution in [-0.4, -0.2) is 16.2 Å². The second-order valence-corrected chi connectivity index (χ2v) is 4.80. The van der Waals surface area contributed by atoms with E-state index < -0.39 is 0 Å². The quantitative estimate of drug-likeness (QED) is 0.485. The number of aromatic nitrogens is 2. The molecule has 2 aromatic carbocycles. The van der Waals surface area contributed by atoms with Crippen LogP contribution in [-0.2, 0) is 0 Å². The third kappa shape index (κ3) is 3.70. The molecule has 0 unspecified atom stereocenters. The second-order valence-electron chi connectivity index (χ2n) is 4.80. The smallest absolute Gasteiger partial charge is 0.191 e. The van der Waals surface area contributed by atoms with Gasteiger partial charge in [0.2, 0.25) is 0 Å². The van der Waals surface area contributed by atoms with Crippen LogP contribution >= 0.6 is 24.8 Å². The summed E-state index contributed by atoms with van der Waals surface area (Å²) >= 11 is 0. The van der Waals surface area contributed by atoms with Crippen molar-refractivity contribution in [1.29, 1.82) is 5.41 Å². The van der Waals surface area contributed by atoms with E-state index in [0.717, 1.165) is 27.6 Å². The number of fused-ring (bicyclic) bond motifs is 1. The van der Waals surface area contributed by atoms with Gasteiger partial charge in [0.25, 0.3) is 0 Å². The summed E-state index contributed by atoms with van der Waals surface area (Å²) in [5, 5.41) is 20.5. The number of rotatable bonds is 2. The number of aryl methyl sites for hydroxylation is 1. The number of guanidine groups is 1. The Bertz CT molecular complexity index is 836. The Morgan fingerprint density at radius 2 is 1.57 bits per heavy atom. The van der Waals surface area contributed by atoms with Crippen molar-refractivity contribution in [3.8, 4) is 11.3 Å². The first-order valence-electron chi connectivity index (χ1n) is 6.59. The molecule has 0 spiro atoms. The third-order valence-corrected chi connectivity index (χ3v) is 3.34. The molecule has 0 aliphatic rings. The number of nitrogens with two attached hydrogens (primary N) is 1. The van der Waals surface area contributed by atoms with Crippen LogP contribution in [0.5, 0.6) is 0 Å². The Hall–Kier alpha value is -2.37. The lowest BCUT2D eigenvalue weighted by molar-refractivity contribution is 1.06. The third-order valence-electron chi connectivity index (χ3n) is 3.34. The van der Waals surface area contributed by atoms with Gasteiger partial charge in [-0.2, -0.15) is 0 Å². The van der Waals surface area contributed by atoms with Gasteiger partial charge in [0.1, 0.15) is 5.69 Å². The van der Waals surface area contributed by atoms with Crippen LogP contribution in [0.3, 0.4) is 0 Å². The molecule has 0 aliphatic heterocycles. The van der Waals surface area contributed by atoms with Crippen molar-refractivity contribution in [2.24, 2.45) is 5.73 Å². The van der Waals surface area contributed by atoms with Crippen molar-refractivity contribution < 1.29 is 0 Å². The van der Waals surface area contributed by atoms with Crippen LogP contribution in [0.25, 0.3) is 22.0 Å². The summed E-state index contributed by atoms with van der Waals surface area (Å²) in [7, 11) is 0. The topological polar surface area (TPSA) is 87.7 Å². The molecule has 1 heterocycles. The molecule has 0 fully saturated rings. The molecule has 0 amide bonds. The molecular weight excluding hydrogens is 333 g/mol. The van der Waals surface area contributed by atoms with Gasteiger partial charge in [-0.25, -0.2) is 0 Å². The molecule has 0 saturated carbocycles. The molecule has 120 valence electrons. The highest BCUT2D eigenvalue weighted by Crippen LogP contribution is 2.31. The highest BCUT2D eigenvalue weighted by Gasteiger charge is 2.12. The molecule has 0 saturated heterocycles. The molecule has 0 radical (unpaired) electrons. The highest BCUT2D eigenvalue weighted by atomic mass is 35.5. The van der Waals surface area contributed by atoms with E-state index in [9.17, 15) is 0 Å². The first-order valence-corrected chi connectivity index (χ1v) is 6.59. The molecule has 4 N–H and O–H groups in total. The Balaban J connectivity index is 0.00000132. The minimum Gasteiger partial charge on any atom is -0.370 e. The van der Waals surface area contributed by atoms with E-state index in [2.05, 4.69) is 15.5 Å². The molecule has 5 nitrogen and oxygen atoms in total. The largest absolute Gasteiger partial charge is 0.370 e. The van der Waals surface area contributed by atoms with E-state index in [1.807, 2.05) is 55.5 Å². The van der Waals surface area contributed by atoms with E-state index in [0.29, 0.717) is 5.82 Å². The molecule has 3 rings (SSSR count). The summed E-state index contributed by atoms with van der Waals surface area (Å²) in [4.78, 5) is 0. The van der Waals surface area contributed by atoms with Gasteiger partial charge in [-0.15, -0.1) is 35.0 Å². The maximum atomic E-state index is 7.36. The zero-order chi connectivity index (χ0) is 14.8. The Morgan fingerprint density at radius 3 is 2.22 bits per heavy atom. The van der Waals surface area contributed by atoms with Gasteiger partial charge in [0.15, 0.2) is 11.8 Å². The van der Waals surface area contributed by atoms with Gasteiger partial charge < -0.3 is 11.1 Å². The van der Waals surface area contributed by atoms with Crippen LogP contribution < -0.4 is 11.1 Å². The number of nitrogens with zero attached hydrogens (tertiary/aromatic N) is 2. The standard InChI is InChI=1S/C16H15N5.2ClH/c1-10-6-2-3-7-11(10)14-12-8-4-5-9-13(12)15(21-20-14)19-16(17)18;;/h2-9H,1H3,(H4,17,18,19,21);2*1H. The number of benzene rings is 2. The normalized spacial score (nSPS) is 9.61. The Morgan fingerprint density at radius 1 is 0.957 bits per heavy atom. The monoisotopic (exact) mass is 349 g/mol. The first-order chi connectivity index (χ1) is 10.2. The lowest BCUT2D eigenvalue weighted by Gasteiger charge is -2.11. The molecule has 0 bridgehead atoms. The van der Waals surface area contributed by atoms with Gasteiger partial charge in [-0.1, -0.05) is 48.5 Å². The zero-order valence-corrected chi connectivity index (χ0v) is 14.0. The number of nitrogens with one attached hydrogen (secondary N) is 2. The van der Waals surface area contributed by atoms with Gasteiger partial charge in [-0.3, -0.25) is 5.41 Å². The van der Waals surface area contributed by atoms with Crippen LogP contribution in [0.2, 0.25) is 0 Å². The fraction of sp³-hybridized carbons (Fsp3) is 0.0625. The first kappa shape index (κ1) is 18.7. The minimum atomic E-state index is -0.155. The van der Waals surface area contributed by atoms with Crippen molar-refractivity contribution in [1.82, 2.24) is 10.2 Å². The zero-order valence-electron chi connectivity index (χ0n) is 12.4. The van der Waals surface area contributed by atoms with Crippen molar-refractivity contribution in [2.75, 3.05) is 5.32 Å². The molecule has 0 atom stereocenters. The number of halogens is 2. The fourth-order valence-electron chi connectivity index (χ4n) is 2.36. The van der Waals surface area contributed by atoms with Crippen molar-refractivity contribution in [3.63, 3.8) is 0 Å². The van der Waals surface area contributed by atoms with Crippen molar-refractivity contribution >= 4 is 47.4 Å². The van der Waals surface area contributed by atoms with E-state index in [1.165, 1.54) is 0 Å². The summed E-state index contributed by atoms with van der Waals surface area (Å²) in [5.41, 5.74) is 8.42. The molecule has 0 aliphatic carbocycles. The molecule has 1 aromatic heterocycles. The summed E-state index contributed by atoms with van der Waals surface area (Å²) in [5.74, 6) is 0.341. The van der Waals surface area contributed by atoms with E-state index in [-0.39, 0.29) is 30.8 Å². The van der Waals surface area contributed by atoms with E-state index >= 15 is 0 Å². The highest BCUT2D eigenvalue weighted by molar-refractivity contribution is 6.04. The predicted molar refractivity (Wildman–Crippen MR) is 99.7 cm³/mol. The predicted octanol–water partition coefficient (Wildman–Crippen LogP) is 3.75. The van der Waals surface area contributed by atoms with Gasteiger partial charge >= 0.3 is 0 Å².